The van der Waals surface area contributed by atoms with Gasteiger partial charge < -0.3 is 5.11 Å². The molecule has 10 heteroatoms. The first kappa shape index (κ1) is 18.9. The van der Waals surface area contributed by atoms with Crippen molar-refractivity contribution in [1.82, 2.24) is 4.57 Å². The van der Waals surface area contributed by atoms with E-state index in [1.165, 1.54) is 25.1 Å². The molecular weight excluding hydrogens is 375 g/mol. The molecule has 134 valence electrons. The molecule has 0 bridgehead atoms. The number of aryl methyl sites for hydroxylation is 1. The molecule has 1 aromatic heterocycles. The third kappa shape index (κ3) is 4.80. The Morgan fingerprint density at radius 3 is 2.60 bits per heavy atom. The van der Waals surface area contributed by atoms with Gasteiger partial charge in [0.2, 0.25) is 10.0 Å². The highest BCUT2D eigenvalue weighted by atomic mass is 35.5. The second-order valence-electron chi connectivity index (χ2n) is 5.27. The number of carbonyl (C=O) groups is 1. The van der Waals surface area contributed by atoms with Crippen LogP contribution < -0.4 is 10.3 Å². The number of benzene rings is 1. The number of anilines is 1. The van der Waals surface area contributed by atoms with Gasteiger partial charge in [-0.15, -0.1) is 0 Å². The lowest BCUT2D eigenvalue weighted by Crippen LogP contribution is -2.30. The molecule has 0 fully saturated rings. The predicted molar refractivity (Wildman–Crippen MR) is 90.7 cm³/mol. The third-order valence-corrected chi connectivity index (χ3v) is 4.89. The van der Waals surface area contributed by atoms with Gasteiger partial charge >= 0.3 is 5.97 Å². The SMILES string of the molecule is Cc1ccc(NS(=O)(=O)Cc2ccc(F)cc2Cl)c(=O)n1CC(=O)O. The molecular formula is C15H14ClFN2O5S. The number of halogens is 2. The minimum absolute atomic E-state index is 0.0578. The molecule has 0 amide bonds. The zero-order valence-corrected chi connectivity index (χ0v) is 14.6. The van der Waals surface area contributed by atoms with E-state index in [0.717, 1.165) is 16.7 Å². The molecule has 0 unspecified atom stereocenters. The van der Waals surface area contributed by atoms with Crippen molar-refractivity contribution in [2.75, 3.05) is 4.72 Å². The van der Waals surface area contributed by atoms with Crippen LogP contribution in [0.15, 0.2) is 35.1 Å². The molecule has 1 aromatic carbocycles. The summed E-state index contributed by atoms with van der Waals surface area (Å²) in [6, 6.07) is 5.96. The van der Waals surface area contributed by atoms with E-state index >= 15 is 0 Å². The number of sulfonamides is 1. The summed E-state index contributed by atoms with van der Waals surface area (Å²) in [5, 5.41) is 8.79. The molecule has 2 aromatic rings. The van der Waals surface area contributed by atoms with E-state index in [0.29, 0.717) is 5.69 Å². The highest BCUT2D eigenvalue weighted by molar-refractivity contribution is 7.91. The average Bonchev–Trinajstić information content (AvgIpc) is 2.49. The summed E-state index contributed by atoms with van der Waals surface area (Å²) in [7, 11) is -4.02. The Balaban J connectivity index is 2.32. The van der Waals surface area contributed by atoms with Crippen LogP contribution in [0.4, 0.5) is 10.1 Å². The lowest BCUT2D eigenvalue weighted by atomic mass is 10.2. The van der Waals surface area contributed by atoms with E-state index in [4.69, 9.17) is 16.7 Å². The predicted octanol–water partition coefficient (Wildman–Crippen LogP) is 1.98. The standard InChI is InChI=1S/C15H14ClFN2O5S/c1-9-2-5-13(15(22)19(9)7-14(20)21)18-25(23,24)8-10-3-4-11(17)6-12(10)16/h2-6,18H,7-8H2,1H3,(H,20,21). The van der Waals surface area contributed by atoms with Gasteiger partial charge in [0.1, 0.15) is 18.0 Å². The van der Waals surface area contributed by atoms with Crippen molar-refractivity contribution in [1.29, 1.82) is 0 Å². The fourth-order valence-electron chi connectivity index (χ4n) is 2.13. The van der Waals surface area contributed by atoms with Crippen molar-refractivity contribution in [3.63, 3.8) is 0 Å². The number of rotatable bonds is 6. The maximum atomic E-state index is 13.0. The van der Waals surface area contributed by atoms with Crippen molar-refractivity contribution in [2.45, 2.75) is 19.2 Å². The van der Waals surface area contributed by atoms with Crippen LogP contribution >= 0.6 is 11.6 Å². The topological polar surface area (TPSA) is 105 Å². The summed E-state index contributed by atoms with van der Waals surface area (Å²) in [6.07, 6.45) is 0. The number of nitrogens with zero attached hydrogens (tertiary/aromatic N) is 1. The number of hydrogen-bond donors (Lipinski definition) is 2. The van der Waals surface area contributed by atoms with Crippen LogP contribution in [0.5, 0.6) is 0 Å². The van der Waals surface area contributed by atoms with E-state index in [2.05, 4.69) is 4.72 Å². The van der Waals surface area contributed by atoms with E-state index in [9.17, 15) is 22.4 Å². The first-order valence-electron chi connectivity index (χ1n) is 6.96. The highest BCUT2D eigenvalue weighted by Gasteiger charge is 2.18. The first-order valence-corrected chi connectivity index (χ1v) is 8.99. The zero-order valence-electron chi connectivity index (χ0n) is 13.0. The molecule has 0 spiro atoms. The van der Waals surface area contributed by atoms with Crippen molar-refractivity contribution in [2.24, 2.45) is 0 Å². The summed E-state index contributed by atoms with van der Waals surface area (Å²) < 4.78 is 40.6. The van der Waals surface area contributed by atoms with Crippen molar-refractivity contribution in [3.05, 3.63) is 62.8 Å². The van der Waals surface area contributed by atoms with Gasteiger partial charge in [-0.1, -0.05) is 17.7 Å². The van der Waals surface area contributed by atoms with Crippen LogP contribution in [0.25, 0.3) is 0 Å². The highest BCUT2D eigenvalue weighted by Crippen LogP contribution is 2.20. The number of pyridine rings is 1. The van der Waals surface area contributed by atoms with Gasteiger partial charge in [0.25, 0.3) is 5.56 Å². The van der Waals surface area contributed by atoms with Crippen molar-refractivity contribution < 1.29 is 22.7 Å². The molecule has 0 atom stereocenters. The van der Waals surface area contributed by atoms with E-state index in [1.807, 2.05) is 0 Å². The molecule has 0 saturated carbocycles. The van der Waals surface area contributed by atoms with Gasteiger partial charge in [-0.05, 0) is 36.8 Å². The molecule has 25 heavy (non-hydrogen) atoms. The van der Waals surface area contributed by atoms with Crippen molar-refractivity contribution in [3.8, 4) is 0 Å². The Labute approximate surface area is 147 Å². The smallest absolute Gasteiger partial charge is 0.323 e. The number of hydrogen-bond acceptors (Lipinski definition) is 4. The van der Waals surface area contributed by atoms with Crippen LogP contribution in [0.3, 0.4) is 0 Å². The number of aliphatic carboxylic acids is 1. The summed E-state index contributed by atoms with van der Waals surface area (Å²) in [6.45, 7) is 0.935. The molecule has 2 rings (SSSR count). The van der Waals surface area contributed by atoms with E-state index < -0.39 is 39.7 Å². The fraction of sp³-hybridized carbons (Fsp3) is 0.200. The summed E-state index contributed by atoms with van der Waals surface area (Å²) in [4.78, 5) is 23.1. The lowest BCUT2D eigenvalue weighted by molar-refractivity contribution is -0.137. The van der Waals surface area contributed by atoms with Gasteiger partial charge in [-0.2, -0.15) is 0 Å². The summed E-state index contributed by atoms with van der Waals surface area (Å²) in [5.74, 6) is -2.41. The summed E-state index contributed by atoms with van der Waals surface area (Å²) >= 11 is 5.81. The van der Waals surface area contributed by atoms with Gasteiger partial charge in [0.05, 0.1) is 5.75 Å². The van der Waals surface area contributed by atoms with Crippen LogP contribution in [0.2, 0.25) is 5.02 Å². The van der Waals surface area contributed by atoms with E-state index in [-0.39, 0.29) is 16.3 Å². The van der Waals surface area contributed by atoms with Gasteiger partial charge in [-0.3, -0.25) is 18.9 Å². The van der Waals surface area contributed by atoms with Crippen LogP contribution in [0, 0.1) is 12.7 Å². The number of nitrogens with one attached hydrogen (secondary N) is 1. The molecule has 0 aliphatic heterocycles. The molecule has 7 nitrogen and oxygen atoms in total. The maximum absolute atomic E-state index is 13.0. The Kier molecular flexibility index (Phi) is 5.48. The summed E-state index contributed by atoms with van der Waals surface area (Å²) in [5.41, 5.74) is -0.535. The lowest BCUT2D eigenvalue weighted by Gasteiger charge is -2.12. The Morgan fingerprint density at radius 2 is 2.00 bits per heavy atom. The van der Waals surface area contributed by atoms with Crippen molar-refractivity contribution >= 4 is 33.3 Å². The molecule has 0 aliphatic rings. The maximum Gasteiger partial charge on any atom is 0.323 e. The molecule has 0 saturated heterocycles. The van der Waals surface area contributed by atoms with Gasteiger partial charge in [-0.25, -0.2) is 12.8 Å². The molecule has 0 radical (unpaired) electrons. The zero-order chi connectivity index (χ0) is 18.8. The molecule has 1 heterocycles. The van der Waals surface area contributed by atoms with Crippen LogP contribution in [-0.2, 0) is 27.1 Å². The fourth-order valence-corrected chi connectivity index (χ4v) is 3.66. The van der Waals surface area contributed by atoms with Crippen LogP contribution in [-0.4, -0.2) is 24.1 Å². The van der Waals surface area contributed by atoms with Gasteiger partial charge in [0.15, 0.2) is 0 Å². The number of carboxylic acids is 1. The minimum atomic E-state index is -4.02. The molecule has 0 aliphatic carbocycles. The normalized spacial score (nSPS) is 11.3. The number of aromatic nitrogens is 1. The van der Waals surface area contributed by atoms with E-state index in [1.54, 1.807) is 0 Å². The van der Waals surface area contributed by atoms with Gasteiger partial charge in [0, 0.05) is 10.7 Å². The van der Waals surface area contributed by atoms with Crippen LogP contribution in [0.1, 0.15) is 11.3 Å². The Morgan fingerprint density at radius 1 is 1.32 bits per heavy atom. The second kappa shape index (κ2) is 7.24. The third-order valence-electron chi connectivity index (χ3n) is 3.31. The second-order valence-corrected chi connectivity index (χ2v) is 7.40. The monoisotopic (exact) mass is 388 g/mol. The minimum Gasteiger partial charge on any atom is -0.480 e. The largest absolute Gasteiger partial charge is 0.480 e. The number of carboxylic acid groups (broad SMARTS) is 1. The molecule has 2 N–H and O–H groups in total. The first-order chi connectivity index (χ1) is 11.6. The Hall–Kier alpha value is -2.39. The quantitative estimate of drug-likeness (QED) is 0.787. The Bertz CT molecular complexity index is 988. The average molecular weight is 389 g/mol.